The third-order valence-corrected chi connectivity index (χ3v) is 9.92. The number of hydrogen-bond acceptors (Lipinski definition) is 5. The molecule has 3 N–H and O–H groups in total. The van der Waals surface area contributed by atoms with E-state index in [0.29, 0.717) is 17.1 Å². The largest absolute Gasteiger partial charge is 0.394 e. The summed E-state index contributed by atoms with van der Waals surface area (Å²) in [6, 6.07) is 4.10. The zero-order valence-electron chi connectivity index (χ0n) is 18.7. The summed E-state index contributed by atoms with van der Waals surface area (Å²) in [6.45, 7) is 5.57. The van der Waals surface area contributed by atoms with Crippen molar-refractivity contribution in [3.8, 4) is 0 Å². The highest BCUT2D eigenvalue weighted by Gasteiger charge is 2.76. The molecule has 32 heavy (non-hydrogen) atoms. The predicted molar refractivity (Wildman–Crippen MR) is 126 cm³/mol. The van der Waals surface area contributed by atoms with E-state index in [4.69, 9.17) is 11.6 Å². The number of aryl methyl sites for hydroxylation is 1. The zero-order chi connectivity index (χ0) is 23.4. The monoisotopic (exact) mass is 479 g/mol. The molecule has 2 bridgehead atoms. The number of benzene rings is 1. The molecule has 3 unspecified atom stereocenters. The van der Waals surface area contributed by atoms with Crippen molar-refractivity contribution < 1.29 is 19.5 Å². The number of amides is 3. The van der Waals surface area contributed by atoms with Gasteiger partial charge in [0.15, 0.2) is 0 Å². The summed E-state index contributed by atoms with van der Waals surface area (Å²) in [4.78, 5) is 42.1. The molecule has 3 aliphatic heterocycles. The normalized spacial score (nSPS) is 33.9. The number of fused-ring (bicyclic) bond motifs is 1. The molecule has 1 aromatic rings. The van der Waals surface area contributed by atoms with Crippen LogP contribution in [0.5, 0.6) is 0 Å². The van der Waals surface area contributed by atoms with Crippen molar-refractivity contribution in [1.29, 1.82) is 0 Å². The van der Waals surface area contributed by atoms with Crippen LogP contribution >= 0.6 is 23.4 Å². The van der Waals surface area contributed by atoms with Gasteiger partial charge in [-0.05, 0) is 37.3 Å². The highest BCUT2D eigenvalue weighted by atomic mass is 35.5. The van der Waals surface area contributed by atoms with Crippen LogP contribution in [0, 0.1) is 24.7 Å². The van der Waals surface area contributed by atoms with Crippen LogP contribution in [-0.2, 0) is 14.4 Å². The first-order chi connectivity index (χ1) is 15.2. The van der Waals surface area contributed by atoms with Crippen molar-refractivity contribution in [3.63, 3.8) is 0 Å². The van der Waals surface area contributed by atoms with Gasteiger partial charge in [-0.3, -0.25) is 14.4 Å². The van der Waals surface area contributed by atoms with Gasteiger partial charge in [0.25, 0.3) is 0 Å². The van der Waals surface area contributed by atoms with Crippen LogP contribution < -0.4 is 10.6 Å². The highest BCUT2D eigenvalue weighted by Crippen LogP contribution is 2.68. The van der Waals surface area contributed by atoms with Gasteiger partial charge in [-0.2, -0.15) is 0 Å². The quantitative estimate of drug-likeness (QED) is 0.582. The van der Waals surface area contributed by atoms with Crippen molar-refractivity contribution in [2.75, 3.05) is 19.0 Å². The van der Waals surface area contributed by atoms with E-state index in [0.717, 1.165) is 12.0 Å². The number of carbonyl (C=O) groups excluding carboxylic acids is 3. The molecule has 3 aliphatic rings. The van der Waals surface area contributed by atoms with E-state index in [-0.39, 0.29) is 35.5 Å². The Morgan fingerprint density at radius 1 is 1.38 bits per heavy atom. The third-order valence-electron chi connectivity index (χ3n) is 7.53. The second-order valence-electron chi connectivity index (χ2n) is 9.08. The van der Waals surface area contributed by atoms with E-state index >= 15 is 0 Å². The molecule has 7 atom stereocenters. The molecular weight excluding hydrogens is 450 g/mol. The fourth-order valence-electron chi connectivity index (χ4n) is 6.01. The summed E-state index contributed by atoms with van der Waals surface area (Å²) in [5.74, 6) is -1.69. The minimum atomic E-state index is -0.799. The molecule has 0 radical (unpaired) electrons. The van der Waals surface area contributed by atoms with Crippen LogP contribution in [0.2, 0.25) is 5.02 Å². The van der Waals surface area contributed by atoms with Gasteiger partial charge in [-0.15, -0.1) is 11.8 Å². The lowest BCUT2D eigenvalue weighted by Gasteiger charge is -2.40. The summed E-state index contributed by atoms with van der Waals surface area (Å²) >= 11 is 7.98. The number of hydrogen-bond donors (Lipinski definition) is 3. The fourth-order valence-corrected chi connectivity index (χ4v) is 8.69. The lowest BCUT2D eigenvalue weighted by Crippen LogP contribution is -2.57. The predicted octanol–water partition coefficient (Wildman–Crippen LogP) is 2.44. The first-order valence-corrected chi connectivity index (χ1v) is 12.4. The van der Waals surface area contributed by atoms with Gasteiger partial charge < -0.3 is 20.6 Å². The standard InChI is InChI=1S/C23H30ClN3O4S/c1-5-13(10-28)27-19(21(30)26-18-11(2)7-6-8-14(18)24)23-12(3)9-15(32-23)16(20(29)25-4)17(23)22(27)31/h6-8,12-13,15-17,19,28H,5,9-10H2,1-4H3,(H,25,29)(H,26,30)/t12?,13-,15-,16+,17-,19?,23?/m0/s1. The van der Waals surface area contributed by atoms with Crippen LogP contribution in [0.15, 0.2) is 18.2 Å². The summed E-state index contributed by atoms with van der Waals surface area (Å²) in [6.07, 6.45) is 1.28. The van der Waals surface area contributed by atoms with Crippen LogP contribution in [0.25, 0.3) is 0 Å². The molecule has 0 aromatic heterocycles. The number of aliphatic hydroxyl groups is 1. The third kappa shape index (κ3) is 3.17. The molecule has 9 heteroatoms. The number of anilines is 1. The van der Waals surface area contributed by atoms with Gasteiger partial charge in [-0.25, -0.2) is 0 Å². The highest BCUT2D eigenvalue weighted by molar-refractivity contribution is 8.02. The maximum Gasteiger partial charge on any atom is 0.248 e. The van der Waals surface area contributed by atoms with Gasteiger partial charge in [0.2, 0.25) is 17.7 Å². The zero-order valence-corrected chi connectivity index (χ0v) is 20.3. The van der Waals surface area contributed by atoms with Gasteiger partial charge >= 0.3 is 0 Å². The number of nitrogens with one attached hydrogen (secondary N) is 2. The van der Waals surface area contributed by atoms with Crippen LogP contribution in [0.1, 0.15) is 32.3 Å². The van der Waals surface area contributed by atoms with Crippen molar-refractivity contribution >= 4 is 46.8 Å². The number of nitrogens with zero attached hydrogens (tertiary/aromatic N) is 1. The van der Waals surface area contributed by atoms with E-state index in [2.05, 4.69) is 17.6 Å². The number of likely N-dealkylation sites (tertiary alicyclic amines) is 1. The number of rotatable bonds is 6. The number of carbonyl (C=O) groups is 3. The number of thioether (sulfide) groups is 1. The molecule has 3 saturated heterocycles. The Balaban J connectivity index is 1.81. The van der Waals surface area contributed by atoms with E-state index in [9.17, 15) is 19.5 Å². The Morgan fingerprint density at radius 3 is 2.69 bits per heavy atom. The Labute approximate surface area is 197 Å². The molecule has 3 fully saturated rings. The minimum absolute atomic E-state index is 0.00685. The Kier molecular flexibility index (Phi) is 6.24. The van der Waals surface area contributed by atoms with Crippen molar-refractivity contribution in [3.05, 3.63) is 28.8 Å². The maximum absolute atomic E-state index is 13.9. The molecule has 0 aliphatic carbocycles. The second-order valence-corrected chi connectivity index (χ2v) is 11.0. The topological polar surface area (TPSA) is 98.7 Å². The first kappa shape index (κ1) is 23.4. The molecule has 0 saturated carbocycles. The molecule has 3 amide bonds. The first-order valence-electron chi connectivity index (χ1n) is 11.1. The Bertz CT molecular complexity index is 935. The number of halogens is 1. The Morgan fingerprint density at radius 2 is 2.09 bits per heavy atom. The van der Waals surface area contributed by atoms with Crippen LogP contribution in [0.4, 0.5) is 5.69 Å². The van der Waals surface area contributed by atoms with Crippen molar-refractivity contribution in [1.82, 2.24) is 10.2 Å². The summed E-state index contributed by atoms with van der Waals surface area (Å²) in [5, 5.41) is 16.2. The van der Waals surface area contributed by atoms with E-state index in [1.54, 1.807) is 29.8 Å². The fraction of sp³-hybridized carbons (Fsp3) is 0.609. The van der Waals surface area contributed by atoms with Gasteiger partial charge in [0.05, 0.1) is 39.9 Å². The average Bonchev–Trinajstić information content (AvgIpc) is 3.35. The molecule has 7 nitrogen and oxygen atoms in total. The summed E-state index contributed by atoms with van der Waals surface area (Å²) < 4.78 is -0.721. The number of aliphatic hydroxyl groups excluding tert-OH is 1. The van der Waals surface area contributed by atoms with E-state index in [1.807, 2.05) is 26.0 Å². The summed E-state index contributed by atoms with van der Waals surface area (Å²) in [7, 11) is 1.58. The van der Waals surface area contributed by atoms with Gasteiger partial charge in [0.1, 0.15) is 6.04 Å². The average molecular weight is 480 g/mol. The Hall–Kier alpha value is -1.77. The number of para-hydroxylation sites is 1. The van der Waals surface area contributed by atoms with Gasteiger partial charge in [-0.1, -0.05) is 37.6 Å². The maximum atomic E-state index is 13.9. The molecule has 1 aromatic carbocycles. The van der Waals surface area contributed by atoms with Crippen LogP contribution in [-0.4, -0.2) is 63.5 Å². The summed E-state index contributed by atoms with van der Waals surface area (Å²) in [5.41, 5.74) is 1.35. The minimum Gasteiger partial charge on any atom is -0.394 e. The van der Waals surface area contributed by atoms with Crippen LogP contribution in [0.3, 0.4) is 0 Å². The smallest absolute Gasteiger partial charge is 0.248 e. The van der Waals surface area contributed by atoms with Gasteiger partial charge in [0, 0.05) is 12.3 Å². The lowest BCUT2D eigenvalue weighted by atomic mass is 9.66. The van der Waals surface area contributed by atoms with E-state index in [1.165, 1.54) is 0 Å². The lowest BCUT2D eigenvalue weighted by molar-refractivity contribution is -0.142. The molecule has 1 spiro atoms. The molecule has 4 rings (SSSR count). The molecule has 3 heterocycles. The van der Waals surface area contributed by atoms with Crippen molar-refractivity contribution in [2.24, 2.45) is 17.8 Å². The second kappa shape index (κ2) is 8.54. The van der Waals surface area contributed by atoms with Crippen molar-refractivity contribution in [2.45, 2.75) is 55.7 Å². The van der Waals surface area contributed by atoms with E-state index < -0.39 is 28.7 Å². The molecule has 174 valence electrons. The molecular formula is C23H30ClN3O4S. The SMILES string of the molecule is CC[C@@H](CO)N1C(=O)[C@@H]2[C@H](C(=O)NC)[C@@H]3CC(C)C2(S3)C1C(=O)Nc1c(C)cccc1Cl.